The third kappa shape index (κ3) is 4.24. The van der Waals surface area contributed by atoms with E-state index in [1.807, 2.05) is 12.1 Å². The van der Waals surface area contributed by atoms with Crippen LogP contribution in [0.2, 0.25) is 0 Å². The van der Waals surface area contributed by atoms with Crippen LogP contribution in [0.3, 0.4) is 0 Å². The molecular weight excluding hydrogens is 242 g/mol. The molecule has 0 amide bonds. The molecule has 4 heteroatoms. The first-order valence-corrected chi connectivity index (χ1v) is 6.81. The van der Waals surface area contributed by atoms with Crippen molar-refractivity contribution in [3.8, 4) is 5.75 Å². The van der Waals surface area contributed by atoms with E-state index in [0.29, 0.717) is 5.56 Å². The Labute approximate surface area is 114 Å². The van der Waals surface area contributed by atoms with Crippen LogP contribution in [0.4, 0.5) is 0 Å². The van der Waals surface area contributed by atoms with E-state index in [9.17, 15) is 4.79 Å². The second kappa shape index (κ2) is 7.14. The molecule has 0 aromatic heterocycles. The zero-order valence-electron chi connectivity index (χ0n) is 11.4. The van der Waals surface area contributed by atoms with E-state index < -0.39 is 0 Å². The summed E-state index contributed by atoms with van der Waals surface area (Å²) in [5.74, 6) is 1.26. The maximum Gasteiger partial charge on any atom is 0.337 e. The number of piperidine rings is 1. The maximum absolute atomic E-state index is 11.3. The predicted molar refractivity (Wildman–Crippen MR) is 73.5 cm³/mol. The lowest BCUT2D eigenvalue weighted by atomic mass is 9.95. The molecular formula is C15H21NO3. The average Bonchev–Trinajstić information content (AvgIpc) is 2.48. The van der Waals surface area contributed by atoms with Crippen LogP contribution in [0.1, 0.15) is 29.6 Å². The zero-order valence-corrected chi connectivity index (χ0v) is 11.4. The van der Waals surface area contributed by atoms with Gasteiger partial charge in [0, 0.05) is 0 Å². The summed E-state index contributed by atoms with van der Waals surface area (Å²) in [6.45, 7) is 2.99. The highest BCUT2D eigenvalue weighted by molar-refractivity contribution is 5.89. The summed E-state index contributed by atoms with van der Waals surface area (Å²) in [6.07, 6.45) is 3.58. The number of ether oxygens (including phenoxy) is 2. The Morgan fingerprint density at radius 3 is 2.58 bits per heavy atom. The van der Waals surface area contributed by atoms with Gasteiger partial charge in [0.2, 0.25) is 0 Å². The standard InChI is InChI=1S/C15H21NO3/c1-18-15(17)13-2-4-14(5-3-13)19-11-8-12-6-9-16-10-7-12/h2-5,12,16H,6-11H2,1H3. The van der Waals surface area contributed by atoms with Gasteiger partial charge in [0.15, 0.2) is 0 Å². The smallest absolute Gasteiger partial charge is 0.337 e. The second-order valence-corrected chi connectivity index (χ2v) is 4.85. The molecule has 1 N–H and O–H groups in total. The van der Waals surface area contributed by atoms with E-state index >= 15 is 0 Å². The van der Waals surface area contributed by atoms with Crippen molar-refractivity contribution < 1.29 is 14.3 Å². The molecule has 1 saturated heterocycles. The van der Waals surface area contributed by atoms with E-state index in [1.54, 1.807) is 12.1 Å². The monoisotopic (exact) mass is 263 g/mol. The molecule has 1 fully saturated rings. The topological polar surface area (TPSA) is 47.6 Å². The first-order chi connectivity index (χ1) is 9.29. The average molecular weight is 263 g/mol. The van der Waals surface area contributed by atoms with Gasteiger partial charge in [-0.25, -0.2) is 4.79 Å². The summed E-state index contributed by atoms with van der Waals surface area (Å²) in [4.78, 5) is 11.3. The first-order valence-electron chi connectivity index (χ1n) is 6.81. The highest BCUT2D eigenvalue weighted by atomic mass is 16.5. The Hall–Kier alpha value is -1.55. The molecule has 1 aliphatic rings. The van der Waals surface area contributed by atoms with Crippen molar-refractivity contribution in [3.05, 3.63) is 29.8 Å². The lowest BCUT2D eigenvalue weighted by Gasteiger charge is -2.22. The molecule has 104 valence electrons. The molecule has 0 spiro atoms. The van der Waals surface area contributed by atoms with Crippen LogP contribution >= 0.6 is 0 Å². The third-order valence-electron chi connectivity index (χ3n) is 3.53. The van der Waals surface area contributed by atoms with Crippen LogP contribution in [-0.2, 0) is 4.74 Å². The molecule has 0 aliphatic carbocycles. The molecule has 0 unspecified atom stereocenters. The number of nitrogens with one attached hydrogen (secondary N) is 1. The Kier molecular flexibility index (Phi) is 5.21. The number of benzene rings is 1. The minimum atomic E-state index is -0.318. The molecule has 2 rings (SSSR count). The lowest BCUT2D eigenvalue weighted by molar-refractivity contribution is 0.0600. The molecule has 0 bridgehead atoms. The summed E-state index contributed by atoms with van der Waals surface area (Å²) in [5, 5.41) is 3.36. The molecule has 1 aliphatic heterocycles. The quantitative estimate of drug-likeness (QED) is 0.828. The van der Waals surface area contributed by atoms with Gasteiger partial charge in [-0.05, 0) is 62.5 Å². The fraction of sp³-hybridized carbons (Fsp3) is 0.533. The molecule has 1 aromatic carbocycles. The van der Waals surface area contributed by atoms with Crippen molar-refractivity contribution in [1.29, 1.82) is 0 Å². The van der Waals surface area contributed by atoms with Gasteiger partial charge in [-0.1, -0.05) is 0 Å². The van der Waals surface area contributed by atoms with Crippen LogP contribution in [0.15, 0.2) is 24.3 Å². The van der Waals surface area contributed by atoms with E-state index in [2.05, 4.69) is 10.1 Å². The number of methoxy groups -OCH3 is 1. The van der Waals surface area contributed by atoms with Crippen molar-refractivity contribution in [1.82, 2.24) is 5.32 Å². The summed E-state index contributed by atoms with van der Waals surface area (Å²) < 4.78 is 10.4. The molecule has 1 heterocycles. The fourth-order valence-electron chi connectivity index (χ4n) is 2.32. The van der Waals surface area contributed by atoms with Crippen LogP contribution in [0.25, 0.3) is 0 Å². The number of hydrogen-bond acceptors (Lipinski definition) is 4. The molecule has 4 nitrogen and oxygen atoms in total. The minimum absolute atomic E-state index is 0.318. The first kappa shape index (κ1) is 13.9. The van der Waals surface area contributed by atoms with Crippen molar-refractivity contribution in [2.24, 2.45) is 5.92 Å². The van der Waals surface area contributed by atoms with Gasteiger partial charge < -0.3 is 14.8 Å². The third-order valence-corrected chi connectivity index (χ3v) is 3.53. The van der Waals surface area contributed by atoms with E-state index in [-0.39, 0.29) is 5.97 Å². The van der Waals surface area contributed by atoms with Gasteiger partial charge in [0.25, 0.3) is 0 Å². The Morgan fingerprint density at radius 2 is 1.95 bits per heavy atom. The maximum atomic E-state index is 11.3. The lowest BCUT2D eigenvalue weighted by Crippen LogP contribution is -2.28. The number of hydrogen-bond donors (Lipinski definition) is 1. The summed E-state index contributed by atoms with van der Waals surface area (Å²) in [7, 11) is 1.38. The molecule has 1 aromatic rings. The van der Waals surface area contributed by atoms with Gasteiger partial charge in [-0.3, -0.25) is 0 Å². The molecule has 19 heavy (non-hydrogen) atoms. The van der Waals surface area contributed by atoms with Crippen molar-refractivity contribution >= 4 is 5.97 Å². The minimum Gasteiger partial charge on any atom is -0.494 e. The van der Waals surface area contributed by atoms with Crippen LogP contribution in [0.5, 0.6) is 5.75 Å². The van der Waals surface area contributed by atoms with Crippen LogP contribution < -0.4 is 10.1 Å². The van der Waals surface area contributed by atoms with Gasteiger partial charge in [0.05, 0.1) is 19.3 Å². The van der Waals surface area contributed by atoms with Crippen molar-refractivity contribution in [3.63, 3.8) is 0 Å². The Morgan fingerprint density at radius 1 is 1.26 bits per heavy atom. The Balaban J connectivity index is 1.75. The van der Waals surface area contributed by atoms with E-state index in [1.165, 1.54) is 20.0 Å². The largest absolute Gasteiger partial charge is 0.494 e. The van der Waals surface area contributed by atoms with E-state index in [4.69, 9.17) is 4.74 Å². The Bertz CT molecular complexity index is 396. The number of esters is 1. The normalized spacial score (nSPS) is 16.1. The van der Waals surface area contributed by atoms with Crippen molar-refractivity contribution in [2.75, 3.05) is 26.8 Å². The van der Waals surface area contributed by atoms with Gasteiger partial charge in [0.1, 0.15) is 5.75 Å². The summed E-state index contributed by atoms with van der Waals surface area (Å²) in [6, 6.07) is 7.08. The van der Waals surface area contributed by atoms with Gasteiger partial charge in [-0.2, -0.15) is 0 Å². The second-order valence-electron chi connectivity index (χ2n) is 4.85. The number of carbonyl (C=O) groups is 1. The predicted octanol–water partition coefficient (Wildman–Crippen LogP) is 2.24. The number of carbonyl (C=O) groups excluding carboxylic acids is 1. The van der Waals surface area contributed by atoms with E-state index in [0.717, 1.165) is 37.8 Å². The highest BCUT2D eigenvalue weighted by Gasteiger charge is 2.12. The highest BCUT2D eigenvalue weighted by Crippen LogP contribution is 2.18. The van der Waals surface area contributed by atoms with Crippen molar-refractivity contribution in [2.45, 2.75) is 19.3 Å². The molecule has 0 atom stereocenters. The summed E-state index contributed by atoms with van der Waals surface area (Å²) >= 11 is 0. The fourth-order valence-corrected chi connectivity index (χ4v) is 2.32. The van der Waals surface area contributed by atoms with Gasteiger partial charge >= 0.3 is 5.97 Å². The van der Waals surface area contributed by atoms with Crippen LogP contribution in [-0.4, -0.2) is 32.8 Å². The van der Waals surface area contributed by atoms with Crippen LogP contribution in [0, 0.1) is 5.92 Å². The zero-order chi connectivity index (χ0) is 13.5. The SMILES string of the molecule is COC(=O)c1ccc(OCCC2CCNCC2)cc1. The number of rotatable bonds is 5. The molecule has 0 radical (unpaired) electrons. The molecule has 0 saturated carbocycles. The van der Waals surface area contributed by atoms with Gasteiger partial charge in [-0.15, -0.1) is 0 Å². The summed E-state index contributed by atoms with van der Waals surface area (Å²) in [5.41, 5.74) is 0.549.